The number of alkyl halides is 2. The van der Waals surface area contributed by atoms with Gasteiger partial charge in [-0.3, -0.25) is 0 Å². The van der Waals surface area contributed by atoms with Gasteiger partial charge >= 0.3 is 6.61 Å². The van der Waals surface area contributed by atoms with E-state index in [-0.39, 0.29) is 22.7 Å². The van der Waals surface area contributed by atoms with Gasteiger partial charge in [0.2, 0.25) is 0 Å². The van der Waals surface area contributed by atoms with Crippen molar-refractivity contribution < 1.29 is 22.6 Å². The van der Waals surface area contributed by atoms with Gasteiger partial charge in [-0.15, -0.1) is 0 Å². The smallest absolute Gasteiger partial charge is 0.387 e. The molecule has 28 heavy (non-hydrogen) atoms. The van der Waals surface area contributed by atoms with Crippen LogP contribution in [0.15, 0.2) is 41.0 Å². The van der Waals surface area contributed by atoms with Crippen molar-refractivity contribution in [2.75, 3.05) is 6.61 Å². The zero-order valence-corrected chi connectivity index (χ0v) is 15.9. The molecule has 0 spiro atoms. The second-order valence-corrected chi connectivity index (χ2v) is 7.10. The van der Waals surface area contributed by atoms with Crippen LogP contribution >= 0.6 is 15.9 Å². The van der Waals surface area contributed by atoms with E-state index in [1.165, 1.54) is 12.1 Å². The van der Waals surface area contributed by atoms with E-state index in [2.05, 4.69) is 20.9 Å². The minimum atomic E-state index is -2.96. The number of para-hydroxylation sites is 1. The highest BCUT2D eigenvalue weighted by atomic mass is 79.9. The number of nitriles is 1. The summed E-state index contributed by atoms with van der Waals surface area (Å²) in [7, 11) is 0. The van der Waals surface area contributed by atoms with Gasteiger partial charge in [0.05, 0.1) is 21.9 Å². The van der Waals surface area contributed by atoms with Crippen LogP contribution in [0.4, 0.5) is 13.2 Å². The fourth-order valence-electron chi connectivity index (χ4n) is 3.63. The van der Waals surface area contributed by atoms with Crippen molar-refractivity contribution >= 4 is 21.6 Å². The molecule has 3 aromatic rings. The van der Waals surface area contributed by atoms with Crippen molar-refractivity contribution in [1.29, 1.82) is 5.26 Å². The number of fused-ring (bicyclic) bond motifs is 3. The Morgan fingerprint density at radius 1 is 1.36 bits per heavy atom. The molecule has 2 aromatic heterocycles. The van der Waals surface area contributed by atoms with Crippen LogP contribution in [-0.2, 0) is 4.74 Å². The molecule has 0 fully saturated rings. The number of rotatable bonds is 5. The first-order valence-electron chi connectivity index (χ1n) is 8.38. The maximum atomic E-state index is 14.0. The number of imidazole rings is 1. The van der Waals surface area contributed by atoms with Crippen LogP contribution in [0.1, 0.15) is 35.4 Å². The second kappa shape index (κ2) is 7.45. The van der Waals surface area contributed by atoms with Gasteiger partial charge < -0.3 is 13.9 Å². The van der Waals surface area contributed by atoms with Crippen molar-refractivity contribution in [3.63, 3.8) is 0 Å². The number of halogens is 4. The quantitative estimate of drug-likeness (QED) is 0.550. The number of aromatic nitrogens is 2. The van der Waals surface area contributed by atoms with Crippen molar-refractivity contribution in [2.24, 2.45) is 0 Å². The standard InChI is InChI=1S/C19H13BrF3N3O2/c20-12-9-26-16(8-13(12)21)25-17-15(27-6-5-24)7-11(18(17)26)10-3-1-2-4-14(10)28-19(22)23/h1-4,8-9,11,15,19H,6-7H2/t11-,15?/m1/s1. The molecule has 144 valence electrons. The first-order chi connectivity index (χ1) is 13.5. The van der Waals surface area contributed by atoms with Crippen molar-refractivity contribution in [3.05, 3.63) is 63.8 Å². The van der Waals surface area contributed by atoms with Crippen molar-refractivity contribution in [2.45, 2.75) is 25.1 Å². The van der Waals surface area contributed by atoms with Crippen LogP contribution < -0.4 is 4.74 Å². The Morgan fingerprint density at radius 2 is 2.14 bits per heavy atom. The van der Waals surface area contributed by atoms with Gasteiger partial charge in [-0.25, -0.2) is 9.37 Å². The van der Waals surface area contributed by atoms with Gasteiger partial charge in [0.25, 0.3) is 0 Å². The van der Waals surface area contributed by atoms with E-state index in [1.807, 2.05) is 6.07 Å². The molecule has 2 heterocycles. The summed E-state index contributed by atoms with van der Waals surface area (Å²) >= 11 is 3.17. The highest BCUT2D eigenvalue weighted by molar-refractivity contribution is 9.10. The Morgan fingerprint density at radius 3 is 2.89 bits per heavy atom. The molecular formula is C19H13BrF3N3O2. The Hall–Kier alpha value is -2.57. The predicted octanol–water partition coefficient (Wildman–Crippen LogP) is 4.95. The molecule has 0 amide bonds. The lowest BCUT2D eigenvalue weighted by atomic mass is 9.95. The number of benzene rings is 1. The molecule has 4 rings (SSSR count). The summed E-state index contributed by atoms with van der Waals surface area (Å²) in [4.78, 5) is 4.47. The van der Waals surface area contributed by atoms with E-state index in [4.69, 9.17) is 14.7 Å². The van der Waals surface area contributed by atoms with Gasteiger partial charge in [0, 0.05) is 23.7 Å². The van der Waals surface area contributed by atoms with Gasteiger partial charge in [-0.1, -0.05) is 18.2 Å². The van der Waals surface area contributed by atoms with Crippen molar-refractivity contribution in [1.82, 2.24) is 9.38 Å². The molecule has 1 aliphatic carbocycles. The van der Waals surface area contributed by atoms with Gasteiger partial charge in [-0.2, -0.15) is 14.0 Å². The van der Waals surface area contributed by atoms with Crippen LogP contribution in [0.3, 0.4) is 0 Å². The van der Waals surface area contributed by atoms with E-state index in [9.17, 15) is 13.2 Å². The number of hydrogen-bond acceptors (Lipinski definition) is 4. The molecule has 0 saturated carbocycles. The maximum absolute atomic E-state index is 14.0. The molecule has 1 aliphatic rings. The molecule has 2 atom stereocenters. The monoisotopic (exact) mass is 451 g/mol. The Labute approximate surface area is 166 Å². The van der Waals surface area contributed by atoms with E-state index < -0.39 is 18.5 Å². The summed E-state index contributed by atoms with van der Waals surface area (Å²) in [5, 5.41) is 8.85. The minimum Gasteiger partial charge on any atom is -0.435 e. The first kappa shape index (κ1) is 18.8. The van der Waals surface area contributed by atoms with Gasteiger partial charge in [-0.05, 0) is 28.4 Å². The molecule has 0 bridgehead atoms. The van der Waals surface area contributed by atoms with E-state index in [0.717, 1.165) is 0 Å². The summed E-state index contributed by atoms with van der Waals surface area (Å²) in [6, 6.07) is 9.73. The predicted molar refractivity (Wildman–Crippen MR) is 96.7 cm³/mol. The number of pyridine rings is 1. The third kappa shape index (κ3) is 3.23. The average Bonchev–Trinajstić information content (AvgIpc) is 3.18. The van der Waals surface area contributed by atoms with E-state index in [1.54, 1.807) is 28.8 Å². The van der Waals surface area contributed by atoms with Crippen LogP contribution in [-0.4, -0.2) is 22.6 Å². The Kier molecular flexibility index (Phi) is 5.00. The lowest BCUT2D eigenvalue weighted by Gasteiger charge is -2.18. The van der Waals surface area contributed by atoms with Crippen LogP contribution in [0, 0.1) is 17.1 Å². The summed E-state index contributed by atoms with van der Waals surface area (Å²) in [5.41, 5.74) is 2.18. The second-order valence-electron chi connectivity index (χ2n) is 6.24. The largest absolute Gasteiger partial charge is 0.435 e. The molecule has 9 heteroatoms. The normalized spacial score (nSPS) is 18.4. The van der Waals surface area contributed by atoms with Crippen molar-refractivity contribution in [3.8, 4) is 11.8 Å². The molecule has 1 unspecified atom stereocenters. The molecule has 0 N–H and O–H groups in total. The topological polar surface area (TPSA) is 59.5 Å². The zero-order chi connectivity index (χ0) is 19.8. The molecule has 5 nitrogen and oxygen atoms in total. The van der Waals surface area contributed by atoms with E-state index in [0.29, 0.717) is 29.0 Å². The molecular weight excluding hydrogens is 439 g/mol. The summed E-state index contributed by atoms with van der Waals surface area (Å²) < 4.78 is 52.0. The SMILES string of the molecule is N#CCOC1C[C@H](c2ccccc2OC(F)F)c2c1nc1cc(F)c(Br)cn21. The number of nitrogens with zero attached hydrogens (tertiary/aromatic N) is 3. The highest BCUT2D eigenvalue weighted by Gasteiger charge is 2.39. The number of hydrogen-bond donors (Lipinski definition) is 0. The minimum absolute atomic E-state index is 0.0607. The molecule has 1 aromatic carbocycles. The van der Waals surface area contributed by atoms with Gasteiger partial charge in [0.1, 0.15) is 29.9 Å². The third-order valence-corrected chi connectivity index (χ3v) is 5.26. The summed E-state index contributed by atoms with van der Waals surface area (Å²) in [5.74, 6) is -0.782. The molecule has 0 radical (unpaired) electrons. The lowest BCUT2D eigenvalue weighted by Crippen LogP contribution is -2.09. The van der Waals surface area contributed by atoms with Crippen LogP contribution in [0.5, 0.6) is 5.75 Å². The summed E-state index contributed by atoms with van der Waals surface area (Å²) in [6.07, 6.45) is 1.44. The first-order valence-corrected chi connectivity index (χ1v) is 9.18. The fraction of sp³-hybridized carbons (Fsp3) is 0.263. The average molecular weight is 452 g/mol. The molecule has 0 aliphatic heterocycles. The van der Waals surface area contributed by atoms with E-state index >= 15 is 0 Å². The Bertz CT molecular complexity index is 1080. The number of ether oxygens (including phenoxy) is 2. The van der Waals surface area contributed by atoms with Crippen LogP contribution in [0.2, 0.25) is 0 Å². The zero-order valence-electron chi connectivity index (χ0n) is 14.3. The third-order valence-electron chi connectivity index (χ3n) is 4.67. The molecule has 0 saturated heterocycles. The fourth-order valence-corrected chi connectivity index (χ4v) is 3.95. The summed E-state index contributed by atoms with van der Waals surface area (Å²) in [6.45, 7) is -3.10. The Balaban J connectivity index is 1.88. The lowest BCUT2D eigenvalue weighted by molar-refractivity contribution is -0.0506. The maximum Gasteiger partial charge on any atom is 0.387 e. The highest BCUT2D eigenvalue weighted by Crippen LogP contribution is 2.48. The van der Waals surface area contributed by atoms with Crippen LogP contribution in [0.25, 0.3) is 5.65 Å². The van der Waals surface area contributed by atoms with Gasteiger partial charge in [0.15, 0.2) is 0 Å².